The fourth-order valence-corrected chi connectivity index (χ4v) is 3.38. The summed E-state index contributed by atoms with van der Waals surface area (Å²) in [4.78, 5) is 35.1. The van der Waals surface area contributed by atoms with Crippen LogP contribution in [-0.4, -0.2) is 16.8 Å². The van der Waals surface area contributed by atoms with E-state index >= 15 is 0 Å². The first-order chi connectivity index (χ1) is 14.8. The van der Waals surface area contributed by atoms with Crippen molar-refractivity contribution in [2.45, 2.75) is 6.54 Å². The number of nitro benzene ring substituents is 1. The molecule has 0 bridgehead atoms. The number of carbonyl (C=O) groups is 2. The second kappa shape index (κ2) is 9.78. The Labute approximate surface area is 191 Å². The van der Waals surface area contributed by atoms with E-state index < -0.39 is 10.9 Å². The SMILES string of the molecule is O=C(NCc1c(Cl)c(Cl)cc(Cl)c1OC(=O)c1ccc([N+](=O)[O-])cc1)c1ccccc1. The minimum atomic E-state index is -0.814. The third kappa shape index (κ3) is 5.32. The first-order valence-corrected chi connectivity index (χ1v) is 9.87. The number of nitrogens with one attached hydrogen (secondary N) is 1. The van der Waals surface area contributed by atoms with Crippen LogP contribution in [0.3, 0.4) is 0 Å². The number of benzene rings is 3. The maximum atomic E-state index is 12.5. The fourth-order valence-electron chi connectivity index (χ4n) is 2.63. The number of hydrogen-bond donors (Lipinski definition) is 1. The molecule has 31 heavy (non-hydrogen) atoms. The van der Waals surface area contributed by atoms with Gasteiger partial charge >= 0.3 is 5.97 Å². The summed E-state index contributed by atoms with van der Waals surface area (Å²) in [6.07, 6.45) is 0. The second-order valence-electron chi connectivity index (χ2n) is 6.20. The number of ether oxygens (including phenoxy) is 1. The van der Waals surface area contributed by atoms with Gasteiger partial charge in [-0.3, -0.25) is 14.9 Å². The zero-order chi connectivity index (χ0) is 22.5. The predicted molar refractivity (Wildman–Crippen MR) is 117 cm³/mol. The van der Waals surface area contributed by atoms with Gasteiger partial charge in [0.2, 0.25) is 0 Å². The lowest BCUT2D eigenvalue weighted by Crippen LogP contribution is -2.23. The first kappa shape index (κ1) is 22.6. The van der Waals surface area contributed by atoms with Crippen LogP contribution in [0.1, 0.15) is 26.3 Å². The molecule has 10 heteroatoms. The molecule has 3 rings (SSSR count). The lowest BCUT2D eigenvalue weighted by molar-refractivity contribution is -0.384. The topological polar surface area (TPSA) is 98.5 Å². The van der Waals surface area contributed by atoms with Gasteiger partial charge in [-0.25, -0.2) is 4.79 Å². The van der Waals surface area contributed by atoms with Crippen LogP contribution in [0.4, 0.5) is 5.69 Å². The van der Waals surface area contributed by atoms with Crippen LogP contribution < -0.4 is 10.1 Å². The van der Waals surface area contributed by atoms with E-state index in [1.165, 1.54) is 30.3 Å². The molecule has 1 N–H and O–H groups in total. The molecule has 3 aromatic carbocycles. The molecule has 0 aliphatic carbocycles. The maximum absolute atomic E-state index is 12.5. The Bertz CT molecular complexity index is 1150. The molecule has 0 heterocycles. The van der Waals surface area contributed by atoms with Gasteiger partial charge in [0.1, 0.15) is 0 Å². The number of rotatable bonds is 6. The van der Waals surface area contributed by atoms with Crippen molar-refractivity contribution in [2.24, 2.45) is 0 Å². The van der Waals surface area contributed by atoms with Gasteiger partial charge in [0, 0.05) is 29.8 Å². The number of esters is 1. The molecule has 0 aliphatic heterocycles. The summed E-state index contributed by atoms with van der Waals surface area (Å²) in [5.74, 6) is -1.26. The van der Waals surface area contributed by atoms with E-state index in [0.29, 0.717) is 5.56 Å². The predicted octanol–water partition coefficient (Wildman–Crippen LogP) is 5.70. The van der Waals surface area contributed by atoms with E-state index in [0.717, 1.165) is 0 Å². The summed E-state index contributed by atoms with van der Waals surface area (Å²) in [6.45, 7) is -0.115. The van der Waals surface area contributed by atoms with Gasteiger partial charge in [0.25, 0.3) is 11.6 Å². The average Bonchev–Trinajstić information content (AvgIpc) is 2.77. The lowest BCUT2D eigenvalue weighted by atomic mass is 10.1. The number of nitro groups is 1. The minimum absolute atomic E-state index is 0.00798. The smallest absolute Gasteiger partial charge is 0.343 e. The van der Waals surface area contributed by atoms with Crippen molar-refractivity contribution < 1.29 is 19.2 Å². The van der Waals surface area contributed by atoms with Crippen LogP contribution in [-0.2, 0) is 6.54 Å². The molecule has 0 unspecified atom stereocenters. The van der Waals surface area contributed by atoms with Crippen LogP contribution >= 0.6 is 34.8 Å². The van der Waals surface area contributed by atoms with Crippen molar-refractivity contribution in [1.29, 1.82) is 0 Å². The standard InChI is InChI=1S/C21H13Cl3N2O5/c22-16-10-17(23)19(31-21(28)13-6-8-14(9-7-13)26(29)30)15(18(16)24)11-25-20(27)12-4-2-1-3-5-12/h1-10H,11H2,(H,25,27). The Morgan fingerprint density at radius 2 is 1.58 bits per heavy atom. The van der Waals surface area contributed by atoms with Gasteiger partial charge < -0.3 is 10.1 Å². The molecule has 0 atom stereocenters. The molecule has 158 valence electrons. The Kier molecular flexibility index (Phi) is 7.12. The summed E-state index contributed by atoms with van der Waals surface area (Å²) in [6, 6.07) is 14.7. The van der Waals surface area contributed by atoms with Crippen molar-refractivity contribution in [3.05, 3.63) is 103 Å². The molecule has 0 saturated heterocycles. The zero-order valence-electron chi connectivity index (χ0n) is 15.6. The maximum Gasteiger partial charge on any atom is 0.343 e. The molecule has 1 amide bonds. The van der Waals surface area contributed by atoms with E-state index in [9.17, 15) is 19.7 Å². The quantitative estimate of drug-likeness (QED) is 0.161. The highest BCUT2D eigenvalue weighted by Crippen LogP contribution is 2.39. The van der Waals surface area contributed by atoms with Gasteiger partial charge in [-0.1, -0.05) is 53.0 Å². The van der Waals surface area contributed by atoms with E-state index in [4.69, 9.17) is 39.5 Å². The summed E-state index contributed by atoms with van der Waals surface area (Å²) in [5, 5.41) is 13.6. The summed E-state index contributed by atoms with van der Waals surface area (Å²) >= 11 is 18.6. The average molecular weight is 480 g/mol. The molecule has 0 spiro atoms. The lowest BCUT2D eigenvalue weighted by Gasteiger charge is -2.15. The molecule has 0 aromatic heterocycles. The van der Waals surface area contributed by atoms with Gasteiger partial charge in [-0.2, -0.15) is 0 Å². The number of non-ortho nitro benzene ring substituents is 1. The fraction of sp³-hybridized carbons (Fsp3) is 0.0476. The third-order valence-corrected chi connectivity index (χ3v) is 5.30. The third-order valence-electron chi connectivity index (χ3n) is 4.19. The summed E-state index contributed by atoms with van der Waals surface area (Å²) < 4.78 is 5.40. The minimum Gasteiger partial charge on any atom is -0.421 e. The van der Waals surface area contributed by atoms with Crippen LogP contribution in [0, 0.1) is 10.1 Å². The Morgan fingerprint density at radius 1 is 0.935 bits per heavy atom. The highest BCUT2D eigenvalue weighted by atomic mass is 35.5. The van der Waals surface area contributed by atoms with Crippen molar-refractivity contribution in [3.63, 3.8) is 0 Å². The highest BCUT2D eigenvalue weighted by Gasteiger charge is 2.21. The van der Waals surface area contributed by atoms with E-state index in [-0.39, 0.29) is 50.1 Å². The Hall–Kier alpha value is -3.13. The van der Waals surface area contributed by atoms with Crippen LogP contribution in [0.25, 0.3) is 0 Å². The van der Waals surface area contributed by atoms with Crippen LogP contribution in [0.2, 0.25) is 15.1 Å². The van der Waals surface area contributed by atoms with E-state index in [1.807, 2.05) is 0 Å². The zero-order valence-corrected chi connectivity index (χ0v) is 17.9. The second-order valence-corrected chi connectivity index (χ2v) is 7.40. The van der Waals surface area contributed by atoms with Gasteiger partial charge in [-0.05, 0) is 30.3 Å². The first-order valence-electron chi connectivity index (χ1n) is 8.74. The molecule has 0 saturated carbocycles. The van der Waals surface area contributed by atoms with Crippen molar-refractivity contribution in [1.82, 2.24) is 5.32 Å². The normalized spacial score (nSPS) is 10.4. The number of carbonyl (C=O) groups excluding carboxylic acids is 2. The summed E-state index contributed by atoms with van der Waals surface area (Å²) in [5.41, 5.74) is 0.523. The molecule has 0 fully saturated rings. The molecular weight excluding hydrogens is 467 g/mol. The molecular formula is C21H13Cl3N2O5. The van der Waals surface area contributed by atoms with Crippen molar-refractivity contribution in [3.8, 4) is 5.75 Å². The molecule has 7 nitrogen and oxygen atoms in total. The number of nitrogens with zero attached hydrogens (tertiary/aromatic N) is 1. The molecule has 3 aromatic rings. The van der Waals surface area contributed by atoms with Gasteiger partial charge in [-0.15, -0.1) is 0 Å². The largest absolute Gasteiger partial charge is 0.421 e. The highest BCUT2D eigenvalue weighted by molar-refractivity contribution is 6.44. The van der Waals surface area contributed by atoms with E-state index in [2.05, 4.69) is 5.32 Å². The molecule has 0 aliphatic rings. The van der Waals surface area contributed by atoms with E-state index in [1.54, 1.807) is 30.3 Å². The monoisotopic (exact) mass is 478 g/mol. The number of halogens is 3. The Balaban J connectivity index is 1.85. The van der Waals surface area contributed by atoms with Gasteiger partial charge in [0.05, 0.1) is 25.6 Å². The van der Waals surface area contributed by atoms with Crippen molar-refractivity contribution in [2.75, 3.05) is 0 Å². The summed E-state index contributed by atoms with van der Waals surface area (Å²) in [7, 11) is 0. The Morgan fingerprint density at radius 3 is 2.19 bits per heavy atom. The number of amides is 1. The van der Waals surface area contributed by atoms with Crippen LogP contribution in [0.5, 0.6) is 5.75 Å². The number of hydrogen-bond acceptors (Lipinski definition) is 5. The molecule has 0 radical (unpaired) electrons. The van der Waals surface area contributed by atoms with Crippen molar-refractivity contribution >= 4 is 52.4 Å². The van der Waals surface area contributed by atoms with Crippen LogP contribution in [0.15, 0.2) is 60.7 Å². The van der Waals surface area contributed by atoms with Gasteiger partial charge in [0.15, 0.2) is 5.75 Å².